The van der Waals surface area contributed by atoms with Gasteiger partial charge in [0, 0.05) is 40.6 Å². The molecule has 2 amide bonds. The minimum atomic E-state index is -0.502. The van der Waals surface area contributed by atoms with Crippen molar-refractivity contribution in [3.8, 4) is 0 Å². The first-order chi connectivity index (χ1) is 15.1. The van der Waals surface area contributed by atoms with Crippen LogP contribution in [0.1, 0.15) is 29.8 Å². The van der Waals surface area contributed by atoms with Gasteiger partial charge in [0.2, 0.25) is 17.8 Å². The second kappa shape index (κ2) is 8.16. The molecule has 0 spiro atoms. The third-order valence-electron chi connectivity index (χ3n) is 5.14. The summed E-state index contributed by atoms with van der Waals surface area (Å²) in [6, 6.07) is 12.8. The minimum Gasteiger partial charge on any atom is -0.366 e. The summed E-state index contributed by atoms with van der Waals surface area (Å²) >= 11 is 1.56. The zero-order valence-corrected chi connectivity index (χ0v) is 19.1. The van der Waals surface area contributed by atoms with Crippen LogP contribution in [0.4, 0.5) is 28.8 Å². The summed E-state index contributed by atoms with van der Waals surface area (Å²) in [6.45, 7) is 5.78. The Kier molecular flexibility index (Phi) is 5.52. The van der Waals surface area contributed by atoms with Crippen LogP contribution in [0.15, 0.2) is 53.6 Å². The first kappa shape index (κ1) is 21.6. The van der Waals surface area contributed by atoms with Crippen molar-refractivity contribution in [3.05, 3.63) is 59.8 Å². The Morgan fingerprint density at radius 3 is 2.62 bits per heavy atom. The van der Waals surface area contributed by atoms with Gasteiger partial charge < -0.3 is 21.3 Å². The van der Waals surface area contributed by atoms with Gasteiger partial charge in [-0.15, -0.1) is 11.8 Å². The molecule has 1 aromatic heterocycles. The van der Waals surface area contributed by atoms with E-state index >= 15 is 0 Å². The molecule has 164 valence electrons. The van der Waals surface area contributed by atoms with Gasteiger partial charge in [-0.25, -0.2) is 4.98 Å². The molecule has 1 aliphatic heterocycles. The largest absolute Gasteiger partial charge is 0.366 e. The molecule has 0 bridgehead atoms. The lowest BCUT2D eigenvalue weighted by Gasteiger charge is -2.36. The molecular weight excluding hydrogens is 424 g/mol. The summed E-state index contributed by atoms with van der Waals surface area (Å²) in [5, 5.41) is 6.42. The van der Waals surface area contributed by atoms with Crippen LogP contribution >= 0.6 is 11.8 Å². The van der Waals surface area contributed by atoms with Gasteiger partial charge >= 0.3 is 0 Å². The molecule has 9 heteroatoms. The fourth-order valence-electron chi connectivity index (χ4n) is 3.42. The fourth-order valence-corrected chi connectivity index (χ4v) is 4.63. The summed E-state index contributed by atoms with van der Waals surface area (Å²) in [6.07, 6.45) is 1.71. The standard InChI is InChI=1S/C23H24N6O2S/c1-13-12-25-22(27-15-7-5-6-14(10-15)19(24)30)28-20(13)26-16-8-9-18-17(11-16)29(4)21(31)23(2,3)32-18/h5-12H,1-4H3,(H2,24,30)(H2,25,26,27,28). The Balaban J connectivity index is 1.59. The second-order valence-electron chi connectivity index (χ2n) is 8.08. The third kappa shape index (κ3) is 4.24. The van der Waals surface area contributed by atoms with Gasteiger partial charge in [-0.3, -0.25) is 9.59 Å². The molecule has 4 N–H and O–H groups in total. The number of anilines is 5. The number of thioether (sulfide) groups is 1. The predicted octanol–water partition coefficient (Wildman–Crippen LogP) is 4.22. The summed E-state index contributed by atoms with van der Waals surface area (Å²) in [7, 11) is 1.80. The Morgan fingerprint density at radius 2 is 1.88 bits per heavy atom. The van der Waals surface area contributed by atoms with Crippen LogP contribution in [0.25, 0.3) is 0 Å². The molecule has 3 aromatic rings. The van der Waals surface area contributed by atoms with Crippen LogP contribution in [-0.4, -0.2) is 33.6 Å². The Morgan fingerprint density at radius 1 is 1.12 bits per heavy atom. The van der Waals surface area contributed by atoms with Crippen LogP contribution in [0.2, 0.25) is 0 Å². The summed E-state index contributed by atoms with van der Waals surface area (Å²) in [4.78, 5) is 35.7. The first-order valence-electron chi connectivity index (χ1n) is 10.0. The smallest absolute Gasteiger partial charge is 0.248 e. The van der Waals surface area contributed by atoms with Crippen molar-refractivity contribution in [3.63, 3.8) is 0 Å². The molecule has 4 rings (SSSR count). The molecule has 2 aromatic carbocycles. The first-order valence-corrected chi connectivity index (χ1v) is 10.8. The molecule has 1 aliphatic rings. The zero-order chi connectivity index (χ0) is 23.0. The van der Waals surface area contributed by atoms with Crippen molar-refractivity contribution in [2.45, 2.75) is 30.4 Å². The highest BCUT2D eigenvalue weighted by molar-refractivity contribution is 8.01. The van der Waals surface area contributed by atoms with E-state index in [2.05, 4.69) is 20.6 Å². The van der Waals surface area contributed by atoms with Crippen molar-refractivity contribution in [1.29, 1.82) is 0 Å². The summed E-state index contributed by atoms with van der Waals surface area (Å²) < 4.78 is -0.494. The molecule has 0 aliphatic carbocycles. The lowest BCUT2D eigenvalue weighted by Crippen LogP contribution is -2.44. The number of nitrogens with two attached hydrogens (primary N) is 1. The van der Waals surface area contributed by atoms with Gasteiger partial charge in [-0.2, -0.15) is 4.98 Å². The highest BCUT2D eigenvalue weighted by atomic mass is 32.2. The normalized spacial score (nSPS) is 14.6. The van der Waals surface area contributed by atoms with Crippen molar-refractivity contribution in [2.24, 2.45) is 5.73 Å². The second-order valence-corrected chi connectivity index (χ2v) is 9.74. The maximum absolute atomic E-state index is 12.6. The van der Waals surface area contributed by atoms with E-state index in [9.17, 15) is 9.59 Å². The maximum Gasteiger partial charge on any atom is 0.248 e. The number of rotatable bonds is 5. The topological polar surface area (TPSA) is 113 Å². The lowest BCUT2D eigenvalue weighted by molar-refractivity contribution is -0.120. The van der Waals surface area contributed by atoms with Gasteiger partial charge in [0.15, 0.2) is 0 Å². The molecule has 2 heterocycles. The average molecular weight is 449 g/mol. The number of amides is 2. The minimum absolute atomic E-state index is 0.0649. The lowest BCUT2D eigenvalue weighted by atomic mass is 10.1. The SMILES string of the molecule is Cc1cnc(Nc2cccc(C(N)=O)c2)nc1Nc1ccc2c(c1)N(C)C(=O)C(C)(C)S2. The highest BCUT2D eigenvalue weighted by Crippen LogP contribution is 2.45. The monoisotopic (exact) mass is 448 g/mol. The quantitative estimate of drug-likeness (QED) is 0.535. The zero-order valence-electron chi connectivity index (χ0n) is 18.3. The highest BCUT2D eigenvalue weighted by Gasteiger charge is 2.38. The number of aromatic nitrogens is 2. The maximum atomic E-state index is 12.6. The number of fused-ring (bicyclic) bond motifs is 1. The van der Waals surface area contributed by atoms with Gasteiger partial charge in [0.1, 0.15) is 5.82 Å². The van der Waals surface area contributed by atoms with E-state index in [0.717, 1.165) is 21.8 Å². The summed E-state index contributed by atoms with van der Waals surface area (Å²) in [5.74, 6) is 0.571. The molecule has 0 unspecified atom stereocenters. The van der Waals surface area contributed by atoms with E-state index in [1.165, 1.54) is 0 Å². The molecule has 0 fully saturated rings. The number of benzene rings is 2. The Hall–Kier alpha value is -3.59. The van der Waals surface area contributed by atoms with Crippen LogP contribution < -0.4 is 21.3 Å². The number of primary amides is 1. The van der Waals surface area contributed by atoms with E-state index in [1.807, 2.05) is 39.0 Å². The number of aryl methyl sites for hydroxylation is 1. The number of carbonyl (C=O) groups is 2. The average Bonchev–Trinajstić information content (AvgIpc) is 2.75. The number of nitrogens with zero attached hydrogens (tertiary/aromatic N) is 3. The fraction of sp³-hybridized carbons (Fsp3) is 0.217. The van der Waals surface area contributed by atoms with Crippen LogP contribution in [0, 0.1) is 6.92 Å². The van der Waals surface area contributed by atoms with Gasteiger partial charge in [0.25, 0.3) is 0 Å². The van der Waals surface area contributed by atoms with Crippen molar-refractivity contribution < 1.29 is 9.59 Å². The van der Waals surface area contributed by atoms with Crippen LogP contribution in [-0.2, 0) is 4.79 Å². The molecule has 0 atom stereocenters. The predicted molar refractivity (Wildman–Crippen MR) is 128 cm³/mol. The van der Waals surface area contributed by atoms with E-state index in [0.29, 0.717) is 23.0 Å². The molecule has 8 nitrogen and oxygen atoms in total. The Bertz CT molecular complexity index is 1230. The molecular formula is C23H24N6O2S. The number of nitrogens with one attached hydrogen (secondary N) is 2. The number of hydrogen-bond acceptors (Lipinski definition) is 7. The molecule has 0 saturated heterocycles. The van der Waals surface area contributed by atoms with E-state index in [1.54, 1.807) is 54.2 Å². The van der Waals surface area contributed by atoms with E-state index < -0.39 is 10.7 Å². The van der Waals surface area contributed by atoms with Crippen molar-refractivity contribution in [1.82, 2.24) is 9.97 Å². The molecule has 0 saturated carbocycles. The van der Waals surface area contributed by atoms with Crippen LogP contribution in [0.3, 0.4) is 0 Å². The van der Waals surface area contributed by atoms with Gasteiger partial charge in [-0.05, 0) is 57.2 Å². The molecule has 32 heavy (non-hydrogen) atoms. The van der Waals surface area contributed by atoms with Gasteiger partial charge in [0.05, 0.1) is 10.4 Å². The Labute approximate surface area is 190 Å². The number of hydrogen-bond donors (Lipinski definition) is 3. The number of carbonyl (C=O) groups excluding carboxylic acids is 2. The van der Waals surface area contributed by atoms with Crippen molar-refractivity contribution >= 4 is 52.4 Å². The van der Waals surface area contributed by atoms with Gasteiger partial charge in [-0.1, -0.05) is 6.07 Å². The third-order valence-corrected chi connectivity index (χ3v) is 6.39. The summed E-state index contributed by atoms with van der Waals surface area (Å²) in [5.41, 5.74) is 8.94. The van der Waals surface area contributed by atoms with Crippen molar-refractivity contribution in [2.75, 3.05) is 22.6 Å². The van der Waals surface area contributed by atoms with E-state index in [4.69, 9.17) is 5.73 Å². The van der Waals surface area contributed by atoms with Crippen LogP contribution in [0.5, 0.6) is 0 Å². The molecule has 0 radical (unpaired) electrons. The van der Waals surface area contributed by atoms with E-state index in [-0.39, 0.29) is 5.91 Å².